The Morgan fingerprint density at radius 3 is 2.62 bits per heavy atom. The lowest BCUT2D eigenvalue weighted by molar-refractivity contribution is -0.127. The fraction of sp³-hybridized carbons (Fsp3) is 0.238. The minimum Gasteiger partial charge on any atom is -0.492 e. The molecular weight excluding hydrogens is 372 g/mol. The quantitative estimate of drug-likeness (QED) is 0.657. The van der Waals surface area contributed by atoms with Crippen LogP contribution in [0.4, 0.5) is 0 Å². The van der Waals surface area contributed by atoms with E-state index in [1.54, 1.807) is 31.2 Å². The van der Waals surface area contributed by atoms with Gasteiger partial charge < -0.3 is 4.74 Å². The molecule has 3 aromatic rings. The third kappa shape index (κ3) is 3.56. The first kappa shape index (κ1) is 18.7. The van der Waals surface area contributed by atoms with Crippen molar-refractivity contribution in [1.82, 2.24) is 20.6 Å². The lowest BCUT2D eigenvalue weighted by atomic mass is 9.96. The topological polar surface area (TPSA) is 102 Å². The Bertz CT molecular complexity index is 1150. The summed E-state index contributed by atoms with van der Waals surface area (Å²) in [6.45, 7) is 2.34. The fourth-order valence-electron chi connectivity index (χ4n) is 3.39. The highest BCUT2D eigenvalue weighted by molar-refractivity contribution is 6.05. The van der Waals surface area contributed by atoms with Crippen molar-refractivity contribution in [3.8, 4) is 5.75 Å². The average molecular weight is 392 g/mol. The van der Waals surface area contributed by atoms with E-state index in [1.165, 1.54) is 4.68 Å². The first-order valence-electron chi connectivity index (χ1n) is 9.39. The van der Waals surface area contributed by atoms with E-state index in [0.717, 1.165) is 11.3 Å². The zero-order valence-electron chi connectivity index (χ0n) is 15.8. The van der Waals surface area contributed by atoms with E-state index in [1.807, 2.05) is 24.3 Å². The van der Waals surface area contributed by atoms with Gasteiger partial charge >= 0.3 is 0 Å². The van der Waals surface area contributed by atoms with Crippen LogP contribution in [0.2, 0.25) is 0 Å². The van der Waals surface area contributed by atoms with Crippen LogP contribution in [0.25, 0.3) is 10.8 Å². The summed E-state index contributed by atoms with van der Waals surface area (Å²) in [6, 6.07) is 14.3. The number of benzene rings is 2. The molecule has 1 aliphatic heterocycles. The van der Waals surface area contributed by atoms with Crippen molar-refractivity contribution in [2.24, 2.45) is 5.92 Å². The Balaban J connectivity index is 1.50. The molecule has 8 heteroatoms. The first-order valence-corrected chi connectivity index (χ1v) is 9.39. The zero-order chi connectivity index (χ0) is 20.4. The van der Waals surface area contributed by atoms with Gasteiger partial charge in [-0.25, -0.2) is 4.68 Å². The summed E-state index contributed by atoms with van der Waals surface area (Å²) in [7, 11) is 0. The van der Waals surface area contributed by atoms with Gasteiger partial charge in [0, 0.05) is 11.9 Å². The zero-order valence-corrected chi connectivity index (χ0v) is 15.8. The Hall–Kier alpha value is -3.68. The van der Waals surface area contributed by atoms with Crippen LogP contribution in [0.5, 0.6) is 5.75 Å². The molecule has 0 radical (unpaired) electrons. The lowest BCUT2D eigenvalue weighted by Gasteiger charge is -2.24. The highest BCUT2D eigenvalue weighted by Crippen LogP contribution is 2.26. The highest BCUT2D eigenvalue weighted by atomic mass is 16.5. The average Bonchev–Trinajstić information content (AvgIpc) is 2.77. The normalized spacial score (nSPS) is 15.3. The molecule has 2 N–H and O–H groups in total. The molecule has 8 nitrogen and oxygen atoms in total. The Morgan fingerprint density at radius 2 is 1.83 bits per heavy atom. The predicted molar refractivity (Wildman–Crippen MR) is 106 cm³/mol. The number of hydrazine groups is 1. The van der Waals surface area contributed by atoms with Gasteiger partial charge in [0.05, 0.1) is 11.3 Å². The van der Waals surface area contributed by atoms with Crippen LogP contribution in [0.3, 0.4) is 0 Å². The monoisotopic (exact) mass is 392 g/mol. The van der Waals surface area contributed by atoms with Gasteiger partial charge in [-0.15, -0.1) is 0 Å². The molecule has 29 heavy (non-hydrogen) atoms. The van der Waals surface area contributed by atoms with E-state index < -0.39 is 11.8 Å². The van der Waals surface area contributed by atoms with Gasteiger partial charge in [-0.2, -0.15) is 5.10 Å². The van der Waals surface area contributed by atoms with Gasteiger partial charge in [-0.1, -0.05) is 36.4 Å². The molecule has 0 unspecified atom stereocenters. The summed E-state index contributed by atoms with van der Waals surface area (Å²) in [4.78, 5) is 37.6. The molecule has 1 aromatic heterocycles. The molecule has 2 aromatic carbocycles. The first-order chi connectivity index (χ1) is 14.1. The Labute approximate surface area is 166 Å². The second-order valence-corrected chi connectivity index (χ2v) is 6.78. The largest absolute Gasteiger partial charge is 0.492 e. The molecule has 0 saturated heterocycles. The molecule has 0 spiro atoms. The maximum Gasteiger partial charge on any atom is 0.290 e. The van der Waals surface area contributed by atoms with Crippen LogP contribution < -0.4 is 21.1 Å². The number of carbonyl (C=O) groups excluding carboxylic acids is 2. The molecule has 2 amide bonds. The van der Waals surface area contributed by atoms with E-state index in [-0.39, 0.29) is 23.8 Å². The lowest BCUT2D eigenvalue weighted by Crippen LogP contribution is -2.47. The van der Waals surface area contributed by atoms with Gasteiger partial charge in [0.15, 0.2) is 5.69 Å². The van der Waals surface area contributed by atoms with Crippen molar-refractivity contribution in [3.05, 3.63) is 70.1 Å². The number of nitrogens with one attached hydrogen (secondary N) is 2. The van der Waals surface area contributed by atoms with Crippen LogP contribution >= 0.6 is 0 Å². The minimum absolute atomic E-state index is 0.0765. The number of aryl methyl sites for hydroxylation is 1. The second kappa shape index (κ2) is 7.75. The summed E-state index contributed by atoms with van der Waals surface area (Å²) in [5.41, 5.74) is 5.63. The standard InChI is InChI=1S/C21H20N4O4/c1-2-25-21(28)16-9-5-4-8-15(16)18(24-25)20(27)23-22-19(26)14-11-13-7-3-6-10-17(13)29-12-14/h3-10,14H,2,11-12H2,1H3,(H,22,26)(H,23,27)/t14-/m0/s1. The molecular formula is C21H20N4O4. The van der Waals surface area contributed by atoms with Gasteiger partial charge in [-0.05, 0) is 31.0 Å². The predicted octanol–water partition coefficient (Wildman–Crippen LogP) is 1.43. The van der Waals surface area contributed by atoms with Crippen molar-refractivity contribution in [2.75, 3.05) is 6.61 Å². The van der Waals surface area contributed by atoms with Crippen LogP contribution in [-0.2, 0) is 17.8 Å². The minimum atomic E-state index is -0.589. The van der Waals surface area contributed by atoms with Crippen molar-refractivity contribution in [1.29, 1.82) is 0 Å². The third-order valence-corrected chi connectivity index (χ3v) is 4.93. The van der Waals surface area contributed by atoms with E-state index in [9.17, 15) is 14.4 Å². The van der Waals surface area contributed by atoms with Gasteiger partial charge in [0.1, 0.15) is 12.4 Å². The van der Waals surface area contributed by atoms with Crippen LogP contribution in [0.15, 0.2) is 53.3 Å². The number of rotatable bonds is 3. The summed E-state index contributed by atoms with van der Waals surface area (Å²) in [6.07, 6.45) is 0.528. The summed E-state index contributed by atoms with van der Waals surface area (Å²) >= 11 is 0. The van der Waals surface area contributed by atoms with Crippen molar-refractivity contribution < 1.29 is 14.3 Å². The maximum atomic E-state index is 12.7. The number of fused-ring (bicyclic) bond motifs is 2. The van der Waals surface area contributed by atoms with Crippen LogP contribution in [0, 0.1) is 5.92 Å². The molecule has 1 atom stereocenters. The van der Waals surface area contributed by atoms with Crippen molar-refractivity contribution in [3.63, 3.8) is 0 Å². The smallest absolute Gasteiger partial charge is 0.290 e. The summed E-state index contributed by atoms with van der Waals surface area (Å²) < 4.78 is 6.85. The molecule has 0 aliphatic carbocycles. The highest BCUT2D eigenvalue weighted by Gasteiger charge is 2.26. The van der Waals surface area contributed by atoms with Crippen LogP contribution in [0.1, 0.15) is 23.0 Å². The van der Waals surface area contributed by atoms with E-state index in [4.69, 9.17) is 4.74 Å². The molecule has 0 saturated carbocycles. The number of nitrogens with zero attached hydrogens (tertiary/aromatic N) is 2. The fourth-order valence-corrected chi connectivity index (χ4v) is 3.39. The SMILES string of the molecule is CCn1nc(C(=O)NNC(=O)[C@@H]2COc3ccccc3C2)c2ccccc2c1=O. The van der Waals surface area contributed by atoms with Crippen molar-refractivity contribution in [2.45, 2.75) is 19.9 Å². The van der Waals surface area contributed by atoms with Gasteiger partial charge in [-0.3, -0.25) is 25.2 Å². The summed E-state index contributed by atoms with van der Waals surface area (Å²) in [5.74, 6) is -0.576. The van der Waals surface area contributed by atoms with Crippen molar-refractivity contribution >= 4 is 22.6 Å². The van der Waals surface area contributed by atoms with E-state index >= 15 is 0 Å². The number of ether oxygens (including phenoxy) is 1. The number of para-hydroxylation sites is 1. The van der Waals surface area contributed by atoms with E-state index in [2.05, 4.69) is 16.0 Å². The molecule has 0 bridgehead atoms. The maximum absolute atomic E-state index is 12.7. The number of aromatic nitrogens is 2. The Morgan fingerprint density at radius 1 is 1.10 bits per heavy atom. The number of carbonyl (C=O) groups is 2. The van der Waals surface area contributed by atoms with E-state index in [0.29, 0.717) is 23.7 Å². The molecule has 4 rings (SSSR count). The van der Waals surface area contributed by atoms with Gasteiger partial charge in [0.2, 0.25) is 5.91 Å². The summed E-state index contributed by atoms with van der Waals surface area (Å²) in [5, 5.41) is 4.99. The van der Waals surface area contributed by atoms with Gasteiger partial charge in [0.25, 0.3) is 11.5 Å². The number of amides is 2. The number of hydrogen-bond donors (Lipinski definition) is 2. The molecule has 148 valence electrons. The Kier molecular flexibility index (Phi) is 4.99. The van der Waals surface area contributed by atoms with Crippen LogP contribution in [-0.4, -0.2) is 28.2 Å². The second-order valence-electron chi connectivity index (χ2n) is 6.78. The number of hydrogen-bond acceptors (Lipinski definition) is 5. The third-order valence-electron chi connectivity index (χ3n) is 4.93. The molecule has 0 fully saturated rings. The molecule has 1 aliphatic rings. The molecule has 2 heterocycles.